The maximum Gasteiger partial charge on any atom is 0.187 e. The number of benzene rings is 7. The molecule has 0 aliphatic heterocycles. The second-order valence-corrected chi connectivity index (χ2v) is 11.2. The molecule has 0 bridgehead atoms. The molecule has 0 spiro atoms. The predicted octanol–water partition coefficient (Wildman–Crippen LogP) is 12.1. The van der Waals surface area contributed by atoms with Crippen LogP contribution in [-0.4, -0.2) is 0 Å². The van der Waals surface area contributed by atoms with Gasteiger partial charge in [-0.2, -0.15) is 5.26 Å². The predicted molar refractivity (Wildman–Crippen MR) is 194 cm³/mol. The molecule has 2 heteroatoms. The van der Waals surface area contributed by atoms with Crippen LogP contribution in [0.15, 0.2) is 146 Å². The van der Waals surface area contributed by atoms with Gasteiger partial charge in [-0.15, -0.1) is 0 Å². The average Bonchev–Trinajstić information content (AvgIpc) is 3.13. The van der Waals surface area contributed by atoms with Gasteiger partial charge in [-0.3, -0.25) is 0 Å². The summed E-state index contributed by atoms with van der Waals surface area (Å²) in [6.45, 7) is 7.15. The maximum absolute atomic E-state index is 9.06. The lowest BCUT2D eigenvalue weighted by Crippen LogP contribution is -1.91. The molecule has 46 heavy (non-hydrogen) atoms. The second-order valence-electron chi connectivity index (χ2n) is 11.2. The van der Waals surface area contributed by atoms with E-state index in [4.69, 9.17) is 11.8 Å². The van der Waals surface area contributed by atoms with Gasteiger partial charge in [-0.05, 0) is 78.2 Å². The van der Waals surface area contributed by atoms with Crippen LogP contribution < -0.4 is 0 Å². The van der Waals surface area contributed by atoms with E-state index in [1.165, 1.54) is 43.8 Å². The van der Waals surface area contributed by atoms with Gasteiger partial charge in [0.25, 0.3) is 0 Å². The Bertz CT molecular complexity index is 2100. The first-order valence-corrected chi connectivity index (χ1v) is 15.2. The van der Waals surface area contributed by atoms with Gasteiger partial charge >= 0.3 is 0 Å². The number of hydrogen-bond acceptors (Lipinski definition) is 1. The highest BCUT2D eigenvalue weighted by Crippen LogP contribution is 2.43. The van der Waals surface area contributed by atoms with E-state index in [0.717, 1.165) is 22.3 Å². The summed E-state index contributed by atoms with van der Waals surface area (Å²) in [5.41, 5.74) is 10.5. The zero-order valence-corrected chi connectivity index (χ0v) is 25.1. The molecular weight excluding hydrogens is 556 g/mol. The lowest BCUT2D eigenvalue weighted by atomic mass is 9.85. The number of fused-ring (bicyclic) bond motifs is 2. The standard InChI is InChI=1S/C44H28N2/c1-46-38-28-22-34(23-29-38)13-12-33-20-26-37(27-21-33)44-41-8-4-2-6-39(41)43(40-7-3-5-9-42(40)44)36-24-18-32(19-25-36)11-10-31-14-16-35(30-45)17-15-31/h2-29H/b11-10+,13-12+. The van der Waals surface area contributed by atoms with E-state index >= 15 is 0 Å². The zero-order valence-electron chi connectivity index (χ0n) is 25.1. The van der Waals surface area contributed by atoms with Crippen molar-refractivity contribution in [3.63, 3.8) is 0 Å². The van der Waals surface area contributed by atoms with E-state index < -0.39 is 0 Å². The molecule has 0 fully saturated rings. The smallest absolute Gasteiger partial charge is 0.187 e. The van der Waals surface area contributed by atoms with Crippen molar-refractivity contribution in [1.82, 2.24) is 0 Å². The Morgan fingerprint density at radius 2 is 0.761 bits per heavy atom. The van der Waals surface area contributed by atoms with Crippen LogP contribution in [-0.2, 0) is 0 Å². The Balaban J connectivity index is 1.25. The van der Waals surface area contributed by atoms with Gasteiger partial charge in [0.05, 0.1) is 18.2 Å². The summed E-state index contributed by atoms with van der Waals surface area (Å²) in [6.07, 6.45) is 8.37. The van der Waals surface area contributed by atoms with Crippen LogP contribution in [0.5, 0.6) is 0 Å². The summed E-state index contributed by atoms with van der Waals surface area (Å²) in [5, 5.41) is 14.0. The van der Waals surface area contributed by atoms with Gasteiger partial charge in [-0.25, -0.2) is 4.85 Å². The van der Waals surface area contributed by atoms with Crippen molar-refractivity contribution in [2.45, 2.75) is 0 Å². The second kappa shape index (κ2) is 12.6. The minimum atomic E-state index is 0.650. The van der Waals surface area contributed by atoms with E-state index in [9.17, 15) is 0 Å². The third-order valence-corrected chi connectivity index (χ3v) is 8.33. The lowest BCUT2D eigenvalue weighted by Gasteiger charge is -2.18. The quantitative estimate of drug-likeness (QED) is 0.109. The van der Waals surface area contributed by atoms with Crippen LogP contribution in [0.2, 0.25) is 0 Å². The number of rotatable bonds is 6. The molecule has 0 aliphatic rings. The molecule has 0 N–H and O–H groups in total. The molecule has 7 aromatic carbocycles. The van der Waals surface area contributed by atoms with Crippen molar-refractivity contribution < 1.29 is 0 Å². The number of hydrogen-bond donors (Lipinski definition) is 0. The summed E-state index contributed by atoms with van der Waals surface area (Å²) in [7, 11) is 0. The largest absolute Gasteiger partial charge is 0.238 e. The molecular formula is C44H28N2. The van der Waals surface area contributed by atoms with Gasteiger partial charge in [0, 0.05) is 0 Å². The van der Waals surface area contributed by atoms with Crippen LogP contribution in [0.1, 0.15) is 27.8 Å². The number of nitriles is 1. The summed E-state index contributed by atoms with van der Waals surface area (Å²) < 4.78 is 0. The fraction of sp³-hybridized carbons (Fsp3) is 0. The minimum absolute atomic E-state index is 0.650. The van der Waals surface area contributed by atoms with Crippen LogP contribution in [0.3, 0.4) is 0 Å². The summed E-state index contributed by atoms with van der Waals surface area (Å²) >= 11 is 0. The molecule has 0 saturated heterocycles. The van der Waals surface area contributed by atoms with Crippen LogP contribution in [0, 0.1) is 17.9 Å². The molecule has 0 amide bonds. The Morgan fingerprint density at radius 3 is 1.09 bits per heavy atom. The first kappa shape index (κ1) is 28.3. The van der Waals surface area contributed by atoms with Crippen molar-refractivity contribution in [2.75, 3.05) is 0 Å². The maximum atomic E-state index is 9.06. The SMILES string of the molecule is [C-]#[N+]c1ccc(/C=C/c2ccc(-c3c4ccccc4c(-c4ccc(/C=C/c5ccc(C#N)cc5)cc4)c4ccccc34)cc2)cc1. The third kappa shape index (κ3) is 5.72. The summed E-state index contributed by atoms with van der Waals surface area (Å²) in [6, 6.07) is 52.4. The normalized spacial score (nSPS) is 11.3. The van der Waals surface area contributed by atoms with E-state index in [2.05, 4.69) is 132 Å². The van der Waals surface area contributed by atoms with E-state index in [1.807, 2.05) is 48.5 Å². The van der Waals surface area contributed by atoms with E-state index in [0.29, 0.717) is 11.3 Å². The first-order valence-electron chi connectivity index (χ1n) is 15.2. The highest BCUT2D eigenvalue weighted by atomic mass is 14.6. The van der Waals surface area contributed by atoms with Gasteiger partial charge in [0.2, 0.25) is 0 Å². The molecule has 0 heterocycles. The lowest BCUT2D eigenvalue weighted by molar-refractivity contribution is 1.48. The fourth-order valence-corrected chi connectivity index (χ4v) is 5.99. The molecule has 0 unspecified atom stereocenters. The topological polar surface area (TPSA) is 28.1 Å². The van der Waals surface area contributed by atoms with Gasteiger partial charge in [-0.1, -0.05) is 158 Å². The van der Waals surface area contributed by atoms with Crippen molar-refractivity contribution in [2.24, 2.45) is 0 Å². The van der Waals surface area contributed by atoms with Gasteiger partial charge in [0.15, 0.2) is 5.69 Å². The van der Waals surface area contributed by atoms with Crippen LogP contribution in [0.4, 0.5) is 5.69 Å². The summed E-state index contributed by atoms with van der Waals surface area (Å²) in [4.78, 5) is 3.47. The molecule has 2 nitrogen and oxygen atoms in total. The molecule has 0 radical (unpaired) electrons. The van der Waals surface area contributed by atoms with Crippen LogP contribution in [0.25, 0.3) is 72.9 Å². The fourth-order valence-electron chi connectivity index (χ4n) is 5.99. The first-order chi connectivity index (χ1) is 22.7. The van der Waals surface area contributed by atoms with Crippen molar-refractivity contribution in [3.05, 3.63) is 185 Å². The van der Waals surface area contributed by atoms with Crippen molar-refractivity contribution in [3.8, 4) is 28.3 Å². The van der Waals surface area contributed by atoms with E-state index in [1.54, 1.807) is 0 Å². The Hall–Kier alpha value is -6.48. The number of nitrogens with zero attached hydrogens (tertiary/aromatic N) is 2. The molecule has 0 aromatic heterocycles. The van der Waals surface area contributed by atoms with Crippen molar-refractivity contribution in [1.29, 1.82) is 5.26 Å². The zero-order chi connectivity index (χ0) is 31.3. The summed E-state index contributed by atoms with van der Waals surface area (Å²) in [5.74, 6) is 0. The average molecular weight is 585 g/mol. The van der Waals surface area contributed by atoms with Crippen molar-refractivity contribution >= 4 is 51.5 Å². The molecule has 0 aliphatic carbocycles. The highest BCUT2D eigenvalue weighted by molar-refractivity contribution is 6.21. The molecule has 7 aromatic rings. The minimum Gasteiger partial charge on any atom is -0.238 e. The highest BCUT2D eigenvalue weighted by Gasteiger charge is 2.16. The molecule has 214 valence electrons. The monoisotopic (exact) mass is 584 g/mol. The Kier molecular flexibility index (Phi) is 7.77. The van der Waals surface area contributed by atoms with E-state index in [-0.39, 0.29) is 0 Å². The molecule has 0 saturated carbocycles. The van der Waals surface area contributed by atoms with Gasteiger partial charge < -0.3 is 0 Å². The third-order valence-electron chi connectivity index (χ3n) is 8.33. The molecule has 7 rings (SSSR count). The Morgan fingerprint density at radius 1 is 0.435 bits per heavy atom. The van der Waals surface area contributed by atoms with Crippen LogP contribution >= 0.6 is 0 Å². The van der Waals surface area contributed by atoms with Gasteiger partial charge in [0.1, 0.15) is 0 Å². The molecule has 0 atom stereocenters. The Labute approximate surface area is 269 Å².